The normalized spacial score (nSPS) is 14.4. The zero-order valence-electron chi connectivity index (χ0n) is 10.6. The molecule has 96 valence electrons. The molecule has 3 nitrogen and oxygen atoms in total. The van der Waals surface area contributed by atoms with E-state index >= 15 is 0 Å². The van der Waals surface area contributed by atoms with E-state index in [1.807, 2.05) is 12.1 Å². The molecule has 18 heavy (non-hydrogen) atoms. The Morgan fingerprint density at radius 2 is 2.33 bits per heavy atom. The minimum absolute atomic E-state index is 0.700. The highest BCUT2D eigenvalue weighted by Crippen LogP contribution is 2.24. The Labute approximate surface area is 113 Å². The van der Waals surface area contributed by atoms with Crippen molar-refractivity contribution in [3.05, 3.63) is 29.3 Å². The first kappa shape index (κ1) is 13.4. The van der Waals surface area contributed by atoms with Gasteiger partial charge in [0.05, 0.1) is 12.2 Å². The van der Waals surface area contributed by atoms with Crippen LogP contribution in [-0.4, -0.2) is 25.5 Å². The average Bonchev–Trinajstić information content (AvgIpc) is 3.21. The van der Waals surface area contributed by atoms with Gasteiger partial charge < -0.3 is 10.1 Å². The summed E-state index contributed by atoms with van der Waals surface area (Å²) in [5.74, 6) is 0.880. The van der Waals surface area contributed by atoms with Crippen molar-refractivity contribution in [1.82, 2.24) is 5.32 Å². The van der Waals surface area contributed by atoms with Gasteiger partial charge in [-0.15, -0.1) is 11.8 Å². The molecule has 0 saturated heterocycles. The molecule has 0 atom stereocenters. The second-order valence-electron chi connectivity index (χ2n) is 4.44. The highest BCUT2D eigenvalue weighted by molar-refractivity contribution is 7.99. The van der Waals surface area contributed by atoms with Crippen LogP contribution in [0.15, 0.2) is 23.1 Å². The number of methoxy groups -OCH3 is 1. The van der Waals surface area contributed by atoms with Crippen molar-refractivity contribution < 1.29 is 4.74 Å². The summed E-state index contributed by atoms with van der Waals surface area (Å²) < 4.78 is 5.02. The molecule has 0 aromatic heterocycles. The fraction of sp³-hybridized carbons (Fsp3) is 0.500. The zero-order valence-corrected chi connectivity index (χ0v) is 11.4. The van der Waals surface area contributed by atoms with Crippen molar-refractivity contribution in [3.63, 3.8) is 0 Å². The molecular formula is C14H18N2OS. The summed E-state index contributed by atoms with van der Waals surface area (Å²) in [5, 5.41) is 12.6. The van der Waals surface area contributed by atoms with E-state index in [9.17, 15) is 5.26 Å². The molecule has 4 heteroatoms. The minimum atomic E-state index is 0.700. The smallest absolute Gasteiger partial charge is 0.100 e. The standard InChI is InChI=1S/C14H18N2OS/c1-17-6-7-18-14-5-2-11(8-12(14)9-15)10-16-13-3-4-13/h2,5,8,13,16H,3-4,6-7,10H2,1H3. The van der Waals surface area contributed by atoms with Crippen molar-refractivity contribution in [2.45, 2.75) is 30.3 Å². The number of hydrogen-bond acceptors (Lipinski definition) is 4. The van der Waals surface area contributed by atoms with Gasteiger partial charge in [-0.1, -0.05) is 6.07 Å². The predicted octanol–water partition coefficient (Wildman–Crippen LogP) is 2.55. The van der Waals surface area contributed by atoms with Crippen LogP contribution < -0.4 is 5.32 Å². The van der Waals surface area contributed by atoms with Gasteiger partial charge in [-0.05, 0) is 30.5 Å². The van der Waals surface area contributed by atoms with Crippen LogP contribution in [-0.2, 0) is 11.3 Å². The van der Waals surface area contributed by atoms with Gasteiger partial charge in [0.2, 0.25) is 0 Å². The second kappa shape index (κ2) is 6.79. The van der Waals surface area contributed by atoms with Crippen LogP contribution in [0.1, 0.15) is 24.0 Å². The van der Waals surface area contributed by atoms with Crippen molar-refractivity contribution in [2.24, 2.45) is 0 Å². The second-order valence-corrected chi connectivity index (χ2v) is 5.58. The number of rotatable bonds is 7. The summed E-state index contributed by atoms with van der Waals surface area (Å²) in [4.78, 5) is 1.05. The molecule has 0 aliphatic heterocycles. The Hall–Kier alpha value is -1.02. The number of benzene rings is 1. The van der Waals surface area contributed by atoms with Crippen LogP contribution in [0.5, 0.6) is 0 Å². The molecule has 1 aliphatic carbocycles. The van der Waals surface area contributed by atoms with Gasteiger partial charge in [-0.2, -0.15) is 5.26 Å². The largest absolute Gasteiger partial charge is 0.384 e. The molecule has 2 rings (SSSR count). The Kier molecular flexibility index (Phi) is 5.06. The van der Waals surface area contributed by atoms with Gasteiger partial charge in [0, 0.05) is 30.3 Å². The van der Waals surface area contributed by atoms with Gasteiger partial charge in [-0.3, -0.25) is 0 Å². The molecule has 1 aromatic carbocycles. The molecule has 1 fully saturated rings. The van der Waals surface area contributed by atoms with Gasteiger partial charge in [0.1, 0.15) is 6.07 Å². The lowest BCUT2D eigenvalue weighted by Gasteiger charge is -2.07. The van der Waals surface area contributed by atoms with Crippen LogP contribution >= 0.6 is 11.8 Å². The fourth-order valence-electron chi connectivity index (χ4n) is 1.68. The van der Waals surface area contributed by atoms with Crippen LogP contribution in [0.25, 0.3) is 0 Å². The van der Waals surface area contributed by atoms with E-state index in [1.165, 1.54) is 18.4 Å². The minimum Gasteiger partial charge on any atom is -0.384 e. The lowest BCUT2D eigenvalue weighted by molar-refractivity contribution is 0.218. The van der Waals surface area contributed by atoms with Crippen LogP contribution in [0.3, 0.4) is 0 Å². The molecule has 0 bridgehead atoms. The Morgan fingerprint density at radius 1 is 1.50 bits per heavy atom. The van der Waals surface area contributed by atoms with Crippen molar-refractivity contribution in [2.75, 3.05) is 19.5 Å². The number of nitrogens with one attached hydrogen (secondary N) is 1. The summed E-state index contributed by atoms with van der Waals surface area (Å²) in [6.45, 7) is 1.57. The van der Waals surface area contributed by atoms with Crippen molar-refractivity contribution in [3.8, 4) is 6.07 Å². The third-order valence-electron chi connectivity index (χ3n) is 2.88. The highest BCUT2D eigenvalue weighted by Gasteiger charge is 2.20. The maximum absolute atomic E-state index is 9.17. The Bertz CT molecular complexity index is 438. The number of nitriles is 1. The van der Waals surface area contributed by atoms with E-state index in [-0.39, 0.29) is 0 Å². The first-order valence-electron chi connectivity index (χ1n) is 6.21. The lowest BCUT2D eigenvalue weighted by atomic mass is 10.1. The molecule has 0 spiro atoms. The molecule has 1 saturated carbocycles. The maximum Gasteiger partial charge on any atom is 0.100 e. The molecule has 0 radical (unpaired) electrons. The Balaban J connectivity index is 1.95. The highest BCUT2D eigenvalue weighted by atomic mass is 32.2. The summed E-state index contributed by atoms with van der Waals surface area (Å²) in [6, 6.07) is 9.11. The topological polar surface area (TPSA) is 45.0 Å². The number of nitrogens with zero attached hydrogens (tertiary/aromatic N) is 1. The van der Waals surface area contributed by atoms with Crippen LogP contribution in [0.4, 0.5) is 0 Å². The van der Waals surface area contributed by atoms with Gasteiger partial charge >= 0.3 is 0 Å². The van der Waals surface area contributed by atoms with E-state index in [4.69, 9.17) is 4.74 Å². The van der Waals surface area contributed by atoms with E-state index in [1.54, 1.807) is 18.9 Å². The van der Waals surface area contributed by atoms with Crippen molar-refractivity contribution in [1.29, 1.82) is 5.26 Å². The van der Waals surface area contributed by atoms with Gasteiger partial charge in [0.25, 0.3) is 0 Å². The molecule has 1 aliphatic rings. The summed E-state index contributed by atoms with van der Waals surface area (Å²) in [5.41, 5.74) is 1.96. The van der Waals surface area contributed by atoms with Crippen LogP contribution in [0.2, 0.25) is 0 Å². The van der Waals surface area contributed by atoms with E-state index in [2.05, 4.69) is 17.5 Å². The molecule has 0 unspecified atom stereocenters. The molecule has 0 heterocycles. The third-order valence-corrected chi connectivity index (χ3v) is 3.92. The monoisotopic (exact) mass is 262 g/mol. The van der Waals surface area contributed by atoms with E-state index in [0.29, 0.717) is 12.6 Å². The first-order valence-corrected chi connectivity index (χ1v) is 7.20. The first-order chi connectivity index (χ1) is 8.83. The van der Waals surface area contributed by atoms with Crippen LogP contribution in [0, 0.1) is 11.3 Å². The van der Waals surface area contributed by atoms with E-state index in [0.717, 1.165) is 22.8 Å². The Morgan fingerprint density at radius 3 is 3.00 bits per heavy atom. The number of hydrogen-bond donors (Lipinski definition) is 1. The maximum atomic E-state index is 9.17. The summed E-state index contributed by atoms with van der Waals surface area (Å²) in [7, 11) is 1.69. The summed E-state index contributed by atoms with van der Waals surface area (Å²) in [6.07, 6.45) is 2.58. The number of ether oxygens (including phenoxy) is 1. The molecule has 0 amide bonds. The predicted molar refractivity (Wildman–Crippen MR) is 73.6 cm³/mol. The molecule has 1 aromatic rings. The summed E-state index contributed by atoms with van der Waals surface area (Å²) >= 11 is 1.67. The van der Waals surface area contributed by atoms with Gasteiger partial charge in [-0.25, -0.2) is 0 Å². The third kappa shape index (κ3) is 4.02. The van der Waals surface area contributed by atoms with Gasteiger partial charge in [0.15, 0.2) is 0 Å². The molecule has 1 N–H and O–H groups in total. The SMILES string of the molecule is COCCSc1ccc(CNC2CC2)cc1C#N. The zero-order chi connectivity index (χ0) is 12.8. The molecular weight excluding hydrogens is 244 g/mol. The lowest BCUT2D eigenvalue weighted by Crippen LogP contribution is -2.15. The average molecular weight is 262 g/mol. The van der Waals surface area contributed by atoms with E-state index < -0.39 is 0 Å². The number of thioether (sulfide) groups is 1. The quantitative estimate of drug-likeness (QED) is 0.606. The van der Waals surface area contributed by atoms with Crippen molar-refractivity contribution >= 4 is 11.8 Å². The fourth-order valence-corrected chi connectivity index (χ4v) is 2.58.